The summed E-state index contributed by atoms with van der Waals surface area (Å²) in [5.41, 5.74) is 9.07. The Balaban J connectivity index is 0.00000156. The van der Waals surface area contributed by atoms with Crippen LogP contribution in [0.1, 0.15) is 55.1 Å². The zero-order chi connectivity index (χ0) is 26.4. The molecule has 0 spiro atoms. The summed E-state index contributed by atoms with van der Waals surface area (Å²) >= 11 is 0. The number of nitrogens with one attached hydrogen (secondary N) is 1. The fraction of sp³-hybridized carbons (Fsp3) is 0.323. The lowest BCUT2D eigenvalue weighted by molar-refractivity contribution is 0.328. The molecule has 0 bridgehead atoms. The van der Waals surface area contributed by atoms with Gasteiger partial charge in [0.05, 0.1) is 17.3 Å². The van der Waals surface area contributed by atoms with E-state index in [9.17, 15) is 4.79 Å². The molecule has 1 aromatic carbocycles. The van der Waals surface area contributed by atoms with Crippen LogP contribution in [-0.4, -0.2) is 40.6 Å². The van der Waals surface area contributed by atoms with E-state index in [1.165, 1.54) is 16.7 Å². The lowest BCUT2D eigenvalue weighted by atomic mass is 9.98. The highest BCUT2D eigenvalue weighted by molar-refractivity contribution is 5.68. The van der Waals surface area contributed by atoms with Crippen LogP contribution in [0.3, 0.4) is 0 Å². The Hall–Kier alpha value is -3.95. The first-order valence-electron chi connectivity index (χ1n) is 13.1. The summed E-state index contributed by atoms with van der Waals surface area (Å²) in [5.74, 6) is 0. The van der Waals surface area contributed by atoms with Crippen LogP contribution in [-0.2, 0) is 6.42 Å². The third kappa shape index (κ3) is 5.73. The van der Waals surface area contributed by atoms with Crippen LogP contribution in [0.4, 0.5) is 5.69 Å². The van der Waals surface area contributed by atoms with E-state index in [1.807, 2.05) is 63.4 Å². The van der Waals surface area contributed by atoms with Gasteiger partial charge in [0, 0.05) is 61.1 Å². The number of aryl methyl sites for hydroxylation is 1. The topological polar surface area (TPSA) is 74.0 Å². The Morgan fingerprint density at radius 3 is 2.65 bits per heavy atom. The van der Waals surface area contributed by atoms with E-state index in [-0.39, 0.29) is 5.56 Å². The van der Waals surface area contributed by atoms with E-state index in [4.69, 9.17) is 5.26 Å². The molecule has 0 saturated carbocycles. The van der Waals surface area contributed by atoms with Gasteiger partial charge in [-0.25, -0.2) is 0 Å². The number of hydrogen-bond donors (Lipinski definition) is 1. The summed E-state index contributed by atoms with van der Waals surface area (Å²) in [6.07, 6.45) is 9.84. The van der Waals surface area contributed by atoms with Gasteiger partial charge in [0.15, 0.2) is 0 Å². The Kier molecular flexibility index (Phi) is 8.37. The third-order valence-corrected chi connectivity index (χ3v) is 6.85. The van der Waals surface area contributed by atoms with E-state index in [0.29, 0.717) is 5.56 Å². The van der Waals surface area contributed by atoms with Gasteiger partial charge in [0.25, 0.3) is 5.56 Å². The molecule has 0 saturated heterocycles. The third-order valence-electron chi connectivity index (χ3n) is 6.85. The van der Waals surface area contributed by atoms with Gasteiger partial charge >= 0.3 is 0 Å². The smallest absolute Gasteiger partial charge is 0.260 e. The van der Waals surface area contributed by atoms with Crippen molar-refractivity contribution in [2.75, 3.05) is 31.5 Å². The minimum atomic E-state index is 0.0434. The molecule has 0 aliphatic carbocycles. The van der Waals surface area contributed by atoms with Crippen molar-refractivity contribution in [2.45, 2.75) is 40.5 Å². The van der Waals surface area contributed by atoms with Crippen molar-refractivity contribution < 1.29 is 0 Å². The van der Waals surface area contributed by atoms with E-state index in [1.54, 1.807) is 10.8 Å². The average molecular weight is 494 g/mol. The molecule has 1 N–H and O–H groups in total. The van der Waals surface area contributed by atoms with E-state index >= 15 is 0 Å². The summed E-state index contributed by atoms with van der Waals surface area (Å²) < 4.78 is 1.76. The van der Waals surface area contributed by atoms with Crippen molar-refractivity contribution in [3.05, 3.63) is 98.7 Å². The van der Waals surface area contributed by atoms with E-state index in [2.05, 4.69) is 40.3 Å². The Morgan fingerprint density at radius 2 is 1.95 bits per heavy atom. The molecule has 0 amide bonds. The molecular weight excluding hydrogens is 458 g/mol. The van der Waals surface area contributed by atoms with Gasteiger partial charge < -0.3 is 5.32 Å². The number of nitriles is 1. The maximum Gasteiger partial charge on any atom is 0.260 e. The predicted molar refractivity (Wildman–Crippen MR) is 152 cm³/mol. The molecule has 0 atom stereocenters. The number of hydrogen-bond acceptors (Lipinski definition) is 5. The number of rotatable bonds is 5. The molecule has 3 aromatic rings. The molecule has 2 aromatic heterocycles. The first-order chi connectivity index (χ1) is 18.0. The van der Waals surface area contributed by atoms with Crippen LogP contribution in [0.25, 0.3) is 17.3 Å². The largest absolute Gasteiger partial charge is 0.384 e. The maximum atomic E-state index is 13.2. The number of benzene rings is 1. The summed E-state index contributed by atoms with van der Waals surface area (Å²) in [6, 6.07) is 13.9. The van der Waals surface area contributed by atoms with Crippen molar-refractivity contribution in [1.82, 2.24) is 14.5 Å². The normalized spacial score (nSPS) is 15.1. The molecule has 6 nitrogen and oxygen atoms in total. The number of aromatic nitrogens is 2. The second-order valence-electron chi connectivity index (χ2n) is 9.28. The first kappa shape index (κ1) is 26.1. The highest BCUT2D eigenvalue weighted by Crippen LogP contribution is 2.25. The zero-order valence-corrected chi connectivity index (χ0v) is 22.2. The molecule has 5 rings (SSSR count). The maximum absolute atomic E-state index is 13.2. The van der Waals surface area contributed by atoms with Gasteiger partial charge in [-0.15, -0.1) is 0 Å². The van der Waals surface area contributed by atoms with Gasteiger partial charge in [-0.1, -0.05) is 43.7 Å². The van der Waals surface area contributed by atoms with Crippen molar-refractivity contribution in [1.29, 1.82) is 5.26 Å². The Labute approximate surface area is 219 Å². The second-order valence-corrected chi connectivity index (χ2v) is 9.28. The Morgan fingerprint density at radius 1 is 1.16 bits per heavy atom. The number of pyridine rings is 2. The standard InChI is InChI=1S/C29H29N5O.C2H6/c1-20(19-33-14-9-24(10-15-33)23-5-3-22(18-30)4-6-23)17-26-21(2)31-13-8-28(26)34-16-11-27-25(29(34)35)7-12-32-27;1-2/h3-6,8-9,11,13,16-17,32H,7,10,12,14-15,19H2,1-2H3;1-2H3/b20-17+;. The van der Waals surface area contributed by atoms with Crippen LogP contribution in [0.5, 0.6) is 0 Å². The Bertz CT molecular complexity index is 1420. The fourth-order valence-corrected chi connectivity index (χ4v) is 4.97. The minimum absolute atomic E-state index is 0.0434. The number of fused-ring (bicyclic) bond motifs is 1. The lowest BCUT2D eigenvalue weighted by Crippen LogP contribution is -2.30. The van der Waals surface area contributed by atoms with Gasteiger partial charge in [0.1, 0.15) is 0 Å². The van der Waals surface area contributed by atoms with Gasteiger partial charge in [0.2, 0.25) is 0 Å². The summed E-state index contributed by atoms with van der Waals surface area (Å²) in [4.78, 5) is 20.1. The van der Waals surface area contributed by atoms with E-state index < -0.39 is 0 Å². The van der Waals surface area contributed by atoms with E-state index in [0.717, 1.165) is 67.2 Å². The van der Waals surface area contributed by atoms with Crippen LogP contribution in [0.15, 0.2) is 65.2 Å². The molecule has 37 heavy (non-hydrogen) atoms. The molecule has 0 unspecified atom stereocenters. The SMILES string of the molecule is C/C(=C\c1c(-n2ccc3c(c2=O)CCN3)ccnc1C)CN1CC=C(c2ccc(C#N)cc2)CC1.CC. The van der Waals surface area contributed by atoms with Gasteiger partial charge in [-0.3, -0.25) is 19.2 Å². The predicted octanol–water partition coefficient (Wildman–Crippen LogP) is 5.60. The molecular formula is C31H35N5O. The lowest BCUT2D eigenvalue weighted by Gasteiger charge is -2.27. The van der Waals surface area contributed by atoms with Crippen LogP contribution in [0, 0.1) is 18.3 Å². The van der Waals surface area contributed by atoms with Crippen molar-refractivity contribution in [3.8, 4) is 11.8 Å². The van der Waals surface area contributed by atoms with Crippen LogP contribution < -0.4 is 10.9 Å². The van der Waals surface area contributed by atoms with Gasteiger partial charge in [-0.2, -0.15) is 5.26 Å². The van der Waals surface area contributed by atoms with Crippen LogP contribution >= 0.6 is 0 Å². The minimum Gasteiger partial charge on any atom is -0.384 e. The van der Waals surface area contributed by atoms with Crippen molar-refractivity contribution in [2.24, 2.45) is 0 Å². The second kappa shape index (κ2) is 11.9. The monoisotopic (exact) mass is 493 g/mol. The molecule has 6 heteroatoms. The van der Waals surface area contributed by atoms with Crippen molar-refractivity contribution in [3.63, 3.8) is 0 Å². The molecule has 190 valence electrons. The first-order valence-corrected chi connectivity index (χ1v) is 13.1. The molecule has 2 aliphatic rings. The van der Waals surface area contributed by atoms with Crippen LogP contribution in [0.2, 0.25) is 0 Å². The summed E-state index contributed by atoms with van der Waals surface area (Å²) in [7, 11) is 0. The molecule has 2 aliphatic heterocycles. The molecule has 0 radical (unpaired) electrons. The van der Waals surface area contributed by atoms with Crippen molar-refractivity contribution >= 4 is 17.3 Å². The number of nitrogens with zero attached hydrogens (tertiary/aromatic N) is 4. The summed E-state index contributed by atoms with van der Waals surface area (Å²) in [6.45, 7) is 11.7. The highest BCUT2D eigenvalue weighted by atomic mass is 16.1. The zero-order valence-electron chi connectivity index (χ0n) is 22.2. The molecule has 0 fully saturated rings. The van der Waals surface area contributed by atoms with Gasteiger partial charge in [-0.05, 0) is 62.1 Å². The average Bonchev–Trinajstić information content (AvgIpc) is 3.42. The molecule has 4 heterocycles. The number of anilines is 1. The fourth-order valence-electron chi connectivity index (χ4n) is 4.97. The quantitative estimate of drug-likeness (QED) is 0.501. The summed E-state index contributed by atoms with van der Waals surface area (Å²) in [5, 5.41) is 12.3. The highest BCUT2D eigenvalue weighted by Gasteiger charge is 2.18.